The van der Waals surface area contributed by atoms with Crippen molar-refractivity contribution in [1.82, 2.24) is 0 Å². The topological polar surface area (TPSA) is 6.48 Å². The van der Waals surface area contributed by atoms with Gasteiger partial charge in [0.05, 0.1) is 11.1 Å². The van der Waals surface area contributed by atoms with Crippen molar-refractivity contribution in [2.24, 2.45) is 11.8 Å². The lowest BCUT2D eigenvalue weighted by molar-refractivity contribution is 0.154. The van der Waals surface area contributed by atoms with Crippen molar-refractivity contribution < 1.29 is 0 Å². The lowest BCUT2D eigenvalue weighted by atomic mass is 9.59. The fourth-order valence-corrected chi connectivity index (χ4v) is 16.4. The largest absolute Gasteiger partial charge is 0.334 e. The molecule has 0 spiro atoms. The summed E-state index contributed by atoms with van der Waals surface area (Å²) in [4.78, 5) is 5.40. The normalized spacial score (nSPS) is 24.4. The predicted octanol–water partition coefficient (Wildman–Crippen LogP) is 20.9. The van der Waals surface area contributed by atoms with Crippen LogP contribution < -0.4 is 9.80 Å². The molecule has 78 heavy (non-hydrogen) atoms. The van der Waals surface area contributed by atoms with Gasteiger partial charge in [-0.3, -0.25) is 0 Å². The van der Waals surface area contributed by atoms with Gasteiger partial charge in [0.2, 0.25) is 0 Å². The number of nitrogens with zero attached hydrogens (tertiary/aromatic N) is 2. The second kappa shape index (κ2) is 17.3. The monoisotopic (exact) mass is 1010 g/mol. The SMILES string of the molecule is CC1CCC2(C)c3cc(-c4ccc5c(-c6cccc7ccccc67)c6cc(-c7ccc8c(c7)C7(C)CCC(C)CC7(C)N8c7ccccc7)ccc6c(-c6cccc7ccccc67)c5c4)ccc3N(c3ccccc3)C2(C)C1. The van der Waals surface area contributed by atoms with Crippen LogP contribution in [0, 0.1) is 11.8 Å². The second-order valence-corrected chi connectivity index (χ2v) is 25.0. The Hall–Kier alpha value is -7.94. The Kier molecular flexibility index (Phi) is 10.5. The van der Waals surface area contributed by atoms with E-state index in [0.717, 1.165) is 12.8 Å². The van der Waals surface area contributed by atoms with E-state index in [-0.39, 0.29) is 21.9 Å². The van der Waals surface area contributed by atoms with Crippen LogP contribution in [-0.2, 0) is 10.8 Å². The summed E-state index contributed by atoms with van der Waals surface area (Å²) in [6, 6.07) is 83.9. The molecule has 382 valence electrons. The summed E-state index contributed by atoms with van der Waals surface area (Å²) in [5.41, 5.74) is 18.3. The molecule has 11 aromatic carbocycles. The summed E-state index contributed by atoms with van der Waals surface area (Å²) in [6.07, 6.45) is 7.15. The Morgan fingerprint density at radius 3 is 1.15 bits per heavy atom. The van der Waals surface area contributed by atoms with Gasteiger partial charge < -0.3 is 9.80 Å². The first-order valence-electron chi connectivity index (χ1n) is 29.0. The number of fused-ring (bicyclic) bond motifs is 10. The molecule has 2 aliphatic carbocycles. The molecule has 2 saturated carbocycles. The van der Waals surface area contributed by atoms with E-state index in [2.05, 4.69) is 270 Å². The smallest absolute Gasteiger partial charge is 0.0520 e. The Morgan fingerprint density at radius 1 is 0.346 bits per heavy atom. The highest BCUT2D eigenvalue weighted by Crippen LogP contribution is 2.64. The maximum Gasteiger partial charge on any atom is 0.0520 e. The average molecular weight is 1010 g/mol. The van der Waals surface area contributed by atoms with Crippen LogP contribution >= 0.6 is 0 Å². The highest BCUT2D eigenvalue weighted by atomic mass is 15.3. The minimum Gasteiger partial charge on any atom is -0.334 e. The molecular formula is C76H68N2. The highest BCUT2D eigenvalue weighted by molar-refractivity contribution is 6.26. The van der Waals surface area contributed by atoms with Crippen molar-refractivity contribution in [3.8, 4) is 44.5 Å². The van der Waals surface area contributed by atoms with Gasteiger partial charge in [0.15, 0.2) is 0 Å². The van der Waals surface area contributed by atoms with Gasteiger partial charge in [-0.15, -0.1) is 0 Å². The van der Waals surface area contributed by atoms with Gasteiger partial charge in [-0.1, -0.05) is 185 Å². The Bertz CT molecular complexity index is 3950. The van der Waals surface area contributed by atoms with Gasteiger partial charge in [-0.2, -0.15) is 0 Å². The van der Waals surface area contributed by atoms with E-state index in [4.69, 9.17) is 0 Å². The van der Waals surface area contributed by atoms with Crippen LogP contribution in [0.1, 0.15) is 91.2 Å². The van der Waals surface area contributed by atoms with Crippen molar-refractivity contribution in [3.05, 3.63) is 230 Å². The van der Waals surface area contributed by atoms with Crippen molar-refractivity contribution in [3.63, 3.8) is 0 Å². The van der Waals surface area contributed by atoms with Gasteiger partial charge in [-0.25, -0.2) is 0 Å². The van der Waals surface area contributed by atoms with Gasteiger partial charge in [0, 0.05) is 33.6 Å². The van der Waals surface area contributed by atoms with E-state index in [0.29, 0.717) is 11.8 Å². The molecule has 2 fully saturated rings. The summed E-state index contributed by atoms with van der Waals surface area (Å²) in [5.74, 6) is 1.33. The van der Waals surface area contributed by atoms with E-state index >= 15 is 0 Å². The Morgan fingerprint density at radius 2 is 0.718 bits per heavy atom. The zero-order valence-corrected chi connectivity index (χ0v) is 46.1. The fraction of sp³-hybridized carbons (Fsp3) is 0.237. The van der Waals surface area contributed by atoms with Crippen LogP contribution in [0.25, 0.3) is 87.6 Å². The molecule has 2 aliphatic heterocycles. The highest BCUT2D eigenvalue weighted by Gasteiger charge is 2.60. The minimum atomic E-state index is -0.0432. The maximum absolute atomic E-state index is 2.70. The zero-order valence-electron chi connectivity index (χ0n) is 46.1. The number of hydrogen-bond donors (Lipinski definition) is 0. The first-order chi connectivity index (χ1) is 38.0. The third kappa shape index (κ3) is 6.68. The Labute approximate surface area is 461 Å². The molecule has 6 atom stereocenters. The van der Waals surface area contributed by atoms with Crippen molar-refractivity contribution in [2.45, 2.75) is 102 Å². The van der Waals surface area contributed by atoms with Crippen LogP contribution in [0.3, 0.4) is 0 Å². The first-order valence-corrected chi connectivity index (χ1v) is 29.0. The van der Waals surface area contributed by atoms with Gasteiger partial charge >= 0.3 is 0 Å². The molecule has 15 rings (SSSR count). The van der Waals surface area contributed by atoms with Gasteiger partial charge in [-0.05, 0) is 224 Å². The van der Waals surface area contributed by atoms with Gasteiger partial charge in [0.1, 0.15) is 0 Å². The minimum absolute atomic E-state index is 0.00638. The molecule has 2 nitrogen and oxygen atoms in total. The fourth-order valence-electron chi connectivity index (χ4n) is 16.4. The van der Waals surface area contributed by atoms with E-state index in [1.54, 1.807) is 0 Å². The maximum atomic E-state index is 2.70. The van der Waals surface area contributed by atoms with E-state index < -0.39 is 0 Å². The molecule has 0 radical (unpaired) electrons. The van der Waals surface area contributed by atoms with E-state index in [1.807, 2.05) is 0 Å². The third-order valence-electron chi connectivity index (χ3n) is 20.7. The summed E-state index contributed by atoms with van der Waals surface area (Å²) in [5, 5.41) is 10.1. The van der Waals surface area contributed by atoms with Gasteiger partial charge in [0.25, 0.3) is 0 Å². The number of para-hydroxylation sites is 2. The van der Waals surface area contributed by atoms with Crippen LogP contribution in [0.4, 0.5) is 22.7 Å². The summed E-state index contributed by atoms with van der Waals surface area (Å²) >= 11 is 0. The summed E-state index contributed by atoms with van der Waals surface area (Å²) in [7, 11) is 0. The number of rotatable bonds is 6. The van der Waals surface area contributed by atoms with E-state index in [1.165, 1.54) is 147 Å². The molecule has 0 amide bonds. The zero-order chi connectivity index (χ0) is 52.7. The van der Waals surface area contributed by atoms with Crippen LogP contribution in [-0.4, -0.2) is 11.1 Å². The molecule has 4 aliphatic rings. The van der Waals surface area contributed by atoms with Crippen molar-refractivity contribution in [1.29, 1.82) is 0 Å². The van der Waals surface area contributed by atoms with Crippen LogP contribution in [0.2, 0.25) is 0 Å². The average Bonchev–Trinajstić information content (AvgIpc) is 4.02. The van der Waals surface area contributed by atoms with Crippen molar-refractivity contribution in [2.75, 3.05) is 9.80 Å². The molecule has 6 unspecified atom stereocenters. The summed E-state index contributed by atoms with van der Waals surface area (Å²) in [6.45, 7) is 15.1. The molecule has 2 heterocycles. The molecule has 2 heteroatoms. The predicted molar refractivity (Wildman–Crippen MR) is 333 cm³/mol. The summed E-state index contributed by atoms with van der Waals surface area (Å²) < 4.78 is 0. The molecule has 0 aromatic heterocycles. The molecular weight excluding hydrogens is 941 g/mol. The molecule has 0 N–H and O–H groups in total. The lowest BCUT2D eigenvalue weighted by Crippen LogP contribution is -2.56. The lowest BCUT2D eigenvalue weighted by Gasteiger charge is -2.52. The Balaban J connectivity index is 0.984. The first kappa shape index (κ1) is 47.3. The molecule has 11 aromatic rings. The second-order valence-electron chi connectivity index (χ2n) is 25.0. The number of hydrogen-bond acceptors (Lipinski definition) is 2. The third-order valence-corrected chi connectivity index (χ3v) is 20.7. The number of anilines is 4. The quantitative estimate of drug-likeness (QED) is 0.153. The van der Waals surface area contributed by atoms with E-state index in [9.17, 15) is 0 Å². The van der Waals surface area contributed by atoms with Crippen LogP contribution in [0.15, 0.2) is 218 Å². The molecule has 0 bridgehead atoms. The van der Waals surface area contributed by atoms with Crippen molar-refractivity contribution >= 4 is 65.8 Å². The standard InChI is InChI=1S/C76H68N2/c1-49-39-41-73(3)67-45-55(33-37-69(67)77(75(73,5)47-49)57-23-9-7-10-24-57)53-31-35-63-65(43-53)71(61-29-17-21-51-19-13-15-27-59(51)61)64-36-32-54(44-66(64)72(63)62-30-18-22-52-20-14-16-28-60(52)62)56-34-38-70-68(46-56)74(4)42-40-50(2)48-76(74,6)78(70)58-25-11-8-12-26-58/h7-38,43-46,49-50H,39-42,47-48H2,1-6H3. The van der Waals surface area contributed by atoms with Crippen LogP contribution in [0.5, 0.6) is 0 Å². The molecule has 0 saturated heterocycles. The number of benzene rings is 11.